The van der Waals surface area contributed by atoms with Crippen LogP contribution in [-0.4, -0.2) is 34.9 Å². The number of carbonyl (C=O) groups excluding carboxylic acids is 1. The van der Waals surface area contributed by atoms with Crippen molar-refractivity contribution in [3.05, 3.63) is 60.8 Å². The Hall–Kier alpha value is -1.91. The molecule has 0 rings (SSSR count). The molecule has 0 heterocycles. The van der Waals surface area contributed by atoms with E-state index in [4.69, 9.17) is 0 Å². The van der Waals surface area contributed by atoms with Gasteiger partial charge in [0.1, 0.15) is 0 Å². The molecule has 0 saturated carbocycles. The fourth-order valence-electron chi connectivity index (χ4n) is 6.14. The van der Waals surface area contributed by atoms with Gasteiger partial charge < -0.3 is 15.5 Å². The van der Waals surface area contributed by atoms with Crippen molar-refractivity contribution in [3.8, 4) is 0 Å². The molecule has 0 saturated heterocycles. The molecule has 0 spiro atoms. The molecule has 0 aromatic carbocycles. The zero-order valence-electron chi connectivity index (χ0n) is 33.2. The molecule has 4 heteroatoms. The molecule has 0 aromatic heterocycles. The number of rotatable bonds is 38. The quantitative estimate of drug-likeness (QED) is 0.0444. The van der Waals surface area contributed by atoms with E-state index in [0.717, 1.165) is 44.9 Å². The molecule has 50 heavy (non-hydrogen) atoms. The molecular formula is C46H83NO3. The molecule has 4 nitrogen and oxygen atoms in total. The van der Waals surface area contributed by atoms with E-state index in [2.05, 4.69) is 67.8 Å². The molecule has 0 radical (unpaired) electrons. The number of allylic oxidation sites excluding steroid dienone is 9. The van der Waals surface area contributed by atoms with E-state index in [0.29, 0.717) is 6.42 Å². The Balaban J connectivity index is 3.51. The Bertz CT molecular complexity index is 842. The first-order valence-corrected chi connectivity index (χ1v) is 21.5. The molecule has 0 aliphatic heterocycles. The molecular weight excluding hydrogens is 615 g/mol. The van der Waals surface area contributed by atoms with Crippen molar-refractivity contribution >= 4 is 5.91 Å². The minimum absolute atomic E-state index is 0.0794. The molecule has 2 unspecified atom stereocenters. The zero-order chi connectivity index (χ0) is 36.4. The molecule has 0 fully saturated rings. The second-order valence-electron chi connectivity index (χ2n) is 14.4. The SMILES string of the molecule is CCCCC/C=C/CC/C=C/C(O)C(CO)NC(=O)CCCCCCCCCCCCCCCC/C=C\C/C=C\C/C=C\CCCCCCC. The predicted molar refractivity (Wildman–Crippen MR) is 221 cm³/mol. The van der Waals surface area contributed by atoms with Gasteiger partial charge in [-0.1, -0.05) is 190 Å². The second kappa shape index (κ2) is 41.5. The zero-order valence-corrected chi connectivity index (χ0v) is 33.2. The van der Waals surface area contributed by atoms with Gasteiger partial charge in [0.15, 0.2) is 0 Å². The minimum Gasteiger partial charge on any atom is -0.394 e. The summed E-state index contributed by atoms with van der Waals surface area (Å²) in [6.07, 6.45) is 57.7. The minimum atomic E-state index is -0.861. The summed E-state index contributed by atoms with van der Waals surface area (Å²) in [5, 5.41) is 22.8. The van der Waals surface area contributed by atoms with E-state index in [-0.39, 0.29) is 12.5 Å². The van der Waals surface area contributed by atoms with Crippen molar-refractivity contribution in [2.45, 2.75) is 219 Å². The first-order chi connectivity index (χ1) is 24.7. The highest BCUT2D eigenvalue weighted by Crippen LogP contribution is 2.14. The van der Waals surface area contributed by atoms with Crippen molar-refractivity contribution in [1.82, 2.24) is 5.32 Å². The predicted octanol–water partition coefficient (Wildman–Crippen LogP) is 13.3. The van der Waals surface area contributed by atoms with Crippen LogP contribution in [0.3, 0.4) is 0 Å². The van der Waals surface area contributed by atoms with Crippen molar-refractivity contribution in [3.63, 3.8) is 0 Å². The fourth-order valence-corrected chi connectivity index (χ4v) is 6.14. The third-order valence-corrected chi connectivity index (χ3v) is 9.47. The Kier molecular flexibility index (Phi) is 39.9. The highest BCUT2D eigenvalue weighted by Gasteiger charge is 2.17. The summed E-state index contributed by atoms with van der Waals surface area (Å²) in [7, 11) is 0. The molecule has 290 valence electrons. The lowest BCUT2D eigenvalue weighted by Gasteiger charge is -2.19. The van der Waals surface area contributed by atoms with Crippen LogP contribution < -0.4 is 5.32 Å². The molecule has 2 atom stereocenters. The first kappa shape index (κ1) is 48.1. The highest BCUT2D eigenvalue weighted by molar-refractivity contribution is 5.76. The van der Waals surface area contributed by atoms with E-state index in [1.807, 2.05) is 6.08 Å². The van der Waals surface area contributed by atoms with Crippen LogP contribution in [0.15, 0.2) is 60.8 Å². The molecule has 0 aliphatic carbocycles. The van der Waals surface area contributed by atoms with Gasteiger partial charge in [0.25, 0.3) is 0 Å². The summed E-state index contributed by atoms with van der Waals surface area (Å²) >= 11 is 0. The topological polar surface area (TPSA) is 69.6 Å². The van der Waals surface area contributed by atoms with E-state index in [9.17, 15) is 15.0 Å². The maximum absolute atomic E-state index is 12.3. The summed E-state index contributed by atoms with van der Waals surface area (Å²) in [4.78, 5) is 12.3. The van der Waals surface area contributed by atoms with Crippen LogP contribution in [0.25, 0.3) is 0 Å². The third-order valence-electron chi connectivity index (χ3n) is 9.47. The molecule has 1 amide bonds. The summed E-state index contributed by atoms with van der Waals surface area (Å²) in [6, 6.07) is -0.638. The third kappa shape index (κ3) is 37.3. The molecule has 0 bridgehead atoms. The average molecular weight is 698 g/mol. The smallest absolute Gasteiger partial charge is 0.220 e. The van der Waals surface area contributed by atoms with E-state index in [1.54, 1.807) is 6.08 Å². The highest BCUT2D eigenvalue weighted by atomic mass is 16.3. The van der Waals surface area contributed by atoms with Gasteiger partial charge in [-0.15, -0.1) is 0 Å². The number of aliphatic hydroxyl groups excluding tert-OH is 2. The largest absolute Gasteiger partial charge is 0.394 e. The van der Waals surface area contributed by atoms with E-state index in [1.165, 1.54) is 141 Å². The van der Waals surface area contributed by atoms with E-state index < -0.39 is 12.1 Å². The molecule has 0 aliphatic rings. The Labute approximate surface area is 311 Å². The van der Waals surface area contributed by atoms with Gasteiger partial charge in [-0.2, -0.15) is 0 Å². The summed E-state index contributed by atoms with van der Waals surface area (Å²) in [5.41, 5.74) is 0. The summed E-state index contributed by atoms with van der Waals surface area (Å²) < 4.78 is 0. The van der Waals surface area contributed by atoms with E-state index >= 15 is 0 Å². The van der Waals surface area contributed by atoms with Gasteiger partial charge >= 0.3 is 0 Å². The van der Waals surface area contributed by atoms with Gasteiger partial charge in [-0.3, -0.25) is 4.79 Å². The van der Waals surface area contributed by atoms with Crippen LogP contribution in [0.1, 0.15) is 206 Å². The number of unbranched alkanes of at least 4 members (excludes halogenated alkanes) is 23. The monoisotopic (exact) mass is 698 g/mol. The van der Waals surface area contributed by atoms with Gasteiger partial charge in [0.2, 0.25) is 5.91 Å². The normalized spacial score (nSPS) is 13.6. The molecule has 0 aromatic rings. The first-order valence-electron chi connectivity index (χ1n) is 21.5. The second-order valence-corrected chi connectivity index (χ2v) is 14.4. The average Bonchev–Trinajstić information content (AvgIpc) is 3.12. The summed E-state index contributed by atoms with van der Waals surface area (Å²) in [5.74, 6) is -0.0794. The van der Waals surface area contributed by atoms with Gasteiger partial charge in [0, 0.05) is 6.42 Å². The number of hydrogen-bond donors (Lipinski definition) is 3. The van der Waals surface area contributed by atoms with Crippen LogP contribution in [0.5, 0.6) is 0 Å². The van der Waals surface area contributed by atoms with Crippen molar-refractivity contribution in [1.29, 1.82) is 0 Å². The van der Waals surface area contributed by atoms with Gasteiger partial charge in [0.05, 0.1) is 18.8 Å². The standard InChI is InChI=1S/C46H83NO3/c1-3-5-7-9-11-13-14-15-16-17-18-19-20-21-22-23-24-25-26-27-28-29-30-31-32-34-36-38-40-42-46(50)47-44(43-48)45(49)41-39-37-35-33-12-10-8-6-4-2/h12,14-15,17-18,20-21,33,39,41,44-45,48-49H,3-11,13,16,19,22-32,34-38,40,42-43H2,1-2H3,(H,47,50)/b15-14-,18-17-,21-20-,33-12+,41-39+. The lowest BCUT2D eigenvalue weighted by Crippen LogP contribution is -2.45. The number of nitrogens with one attached hydrogen (secondary N) is 1. The Morgan fingerprint density at radius 2 is 0.840 bits per heavy atom. The lowest BCUT2D eigenvalue weighted by molar-refractivity contribution is -0.123. The van der Waals surface area contributed by atoms with Crippen LogP contribution in [0.4, 0.5) is 0 Å². The number of amides is 1. The number of carbonyl (C=O) groups is 1. The van der Waals surface area contributed by atoms with Crippen LogP contribution in [0, 0.1) is 0 Å². The lowest BCUT2D eigenvalue weighted by atomic mass is 10.0. The molecule has 3 N–H and O–H groups in total. The fraction of sp³-hybridized carbons (Fsp3) is 0.761. The van der Waals surface area contributed by atoms with Crippen LogP contribution >= 0.6 is 0 Å². The van der Waals surface area contributed by atoms with Crippen molar-refractivity contribution in [2.75, 3.05) is 6.61 Å². The Morgan fingerprint density at radius 3 is 1.34 bits per heavy atom. The number of hydrogen-bond acceptors (Lipinski definition) is 3. The van der Waals surface area contributed by atoms with Gasteiger partial charge in [-0.05, 0) is 70.6 Å². The van der Waals surface area contributed by atoms with Crippen molar-refractivity contribution < 1.29 is 15.0 Å². The van der Waals surface area contributed by atoms with Crippen LogP contribution in [-0.2, 0) is 4.79 Å². The number of aliphatic hydroxyl groups is 2. The van der Waals surface area contributed by atoms with Crippen LogP contribution in [0.2, 0.25) is 0 Å². The van der Waals surface area contributed by atoms with Gasteiger partial charge in [-0.25, -0.2) is 0 Å². The Morgan fingerprint density at radius 1 is 0.480 bits per heavy atom. The maximum Gasteiger partial charge on any atom is 0.220 e. The maximum atomic E-state index is 12.3. The van der Waals surface area contributed by atoms with Crippen molar-refractivity contribution in [2.24, 2.45) is 0 Å². The summed E-state index contributed by atoms with van der Waals surface area (Å²) in [6.45, 7) is 4.23.